The fraction of sp³-hybridized carbons (Fsp3) is 0.667. The van der Waals surface area contributed by atoms with E-state index in [4.69, 9.17) is 0 Å². The maximum Gasteiger partial charge on any atom is 0.0295 e. The number of pyridine rings is 1. The van der Waals surface area contributed by atoms with E-state index in [2.05, 4.69) is 57.1 Å². The van der Waals surface area contributed by atoms with Crippen LogP contribution >= 0.6 is 0 Å². The van der Waals surface area contributed by atoms with Gasteiger partial charge in [-0.3, -0.25) is 4.98 Å². The molecule has 0 aliphatic rings. The van der Waals surface area contributed by atoms with E-state index < -0.39 is 0 Å². The van der Waals surface area contributed by atoms with Crippen LogP contribution in [0.1, 0.15) is 59.1 Å². The maximum absolute atomic E-state index is 4.05. The molecule has 1 rings (SSSR count). The summed E-state index contributed by atoms with van der Waals surface area (Å²) >= 11 is 0. The Morgan fingerprint density at radius 3 is 2.29 bits per heavy atom. The summed E-state index contributed by atoms with van der Waals surface area (Å²) < 4.78 is 0. The van der Waals surface area contributed by atoms with E-state index in [0.29, 0.717) is 17.5 Å². The van der Waals surface area contributed by atoms with Gasteiger partial charge in [0.15, 0.2) is 0 Å². The van der Waals surface area contributed by atoms with Crippen molar-refractivity contribution in [1.29, 1.82) is 0 Å². The molecule has 2 atom stereocenters. The molecule has 2 heteroatoms. The summed E-state index contributed by atoms with van der Waals surface area (Å²) in [6, 6.07) is 5.10. The molecule has 1 N–H and O–H groups in total. The molecular formula is C15H26N2. The van der Waals surface area contributed by atoms with Crippen LogP contribution in [0.15, 0.2) is 24.5 Å². The van der Waals surface area contributed by atoms with Crippen molar-refractivity contribution < 1.29 is 0 Å². The molecular weight excluding hydrogens is 208 g/mol. The van der Waals surface area contributed by atoms with Crippen molar-refractivity contribution in [3.8, 4) is 0 Å². The Labute approximate surface area is 106 Å². The lowest BCUT2D eigenvalue weighted by molar-refractivity contribution is 0.328. The van der Waals surface area contributed by atoms with Crippen molar-refractivity contribution >= 4 is 0 Å². The predicted octanol–water partition coefficient (Wildman–Crippen LogP) is 3.95. The van der Waals surface area contributed by atoms with Crippen LogP contribution in [0.25, 0.3) is 0 Å². The van der Waals surface area contributed by atoms with Crippen molar-refractivity contribution in [3.05, 3.63) is 30.1 Å². The average molecular weight is 234 g/mol. The zero-order valence-electron chi connectivity index (χ0n) is 11.8. The van der Waals surface area contributed by atoms with Crippen LogP contribution in [0.4, 0.5) is 0 Å². The van der Waals surface area contributed by atoms with E-state index in [1.165, 1.54) is 18.4 Å². The highest BCUT2D eigenvalue weighted by molar-refractivity contribution is 5.14. The Bertz CT molecular complexity index is 313. The van der Waals surface area contributed by atoms with Crippen molar-refractivity contribution in [2.45, 2.75) is 59.5 Å². The highest BCUT2D eigenvalue weighted by atomic mass is 14.9. The summed E-state index contributed by atoms with van der Waals surface area (Å²) in [4.78, 5) is 4.05. The van der Waals surface area contributed by atoms with Crippen LogP contribution in [-0.2, 0) is 0 Å². The van der Waals surface area contributed by atoms with E-state index in [9.17, 15) is 0 Å². The third-order valence-electron chi connectivity index (χ3n) is 3.07. The summed E-state index contributed by atoms with van der Waals surface area (Å²) in [5, 5.41) is 3.64. The molecule has 0 bridgehead atoms. The Morgan fingerprint density at radius 2 is 1.76 bits per heavy atom. The van der Waals surface area contributed by atoms with E-state index in [-0.39, 0.29) is 0 Å². The van der Waals surface area contributed by atoms with Crippen LogP contribution in [-0.4, -0.2) is 11.0 Å². The first-order valence-electron chi connectivity index (χ1n) is 6.54. The highest BCUT2D eigenvalue weighted by Crippen LogP contribution is 2.22. The van der Waals surface area contributed by atoms with Gasteiger partial charge in [0.05, 0.1) is 0 Å². The second-order valence-electron chi connectivity index (χ2n) is 6.17. The molecule has 17 heavy (non-hydrogen) atoms. The lowest BCUT2D eigenvalue weighted by Crippen LogP contribution is -2.29. The predicted molar refractivity (Wildman–Crippen MR) is 73.9 cm³/mol. The number of nitrogens with zero attached hydrogens (tertiary/aromatic N) is 1. The van der Waals surface area contributed by atoms with Gasteiger partial charge >= 0.3 is 0 Å². The molecule has 0 aliphatic heterocycles. The van der Waals surface area contributed by atoms with Gasteiger partial charge in [-0.1, -0.05) is 20.8 Å². The van der Waals surface area contributed by atoms with Gasteiger partial charge in [-0.2, -0.15) is 0 Å². The van der Waals surface area contributed by atoms with E-state index in [0.717, 1.165) is 0 Å². The summed E-state index contributed by atoms with van der Waals surface area (Å²) in [6.45, 7) is 11.4. The topological polar surface area (TPSA) is 24.9 Å². The van der Waals surface area contributed by atoms with Gasteiger partial charge in [-0.05, 0) is 49.8 Å². The molecule has 96 valence electrons. The van der Waals surface area contributed by atoms with E-state index in [1.807, 2.05) is 12.4 Å². The van der Waals surface area contributed by atoms with E-state index in [1.54, 1.807) is 0 Å². The molecule has 0 aliphatic carbocycles. The second-order valence-corrected chi connectivity index (χ2v) is 6.17. The van der Waals surface area contributed by atoms with Crippen LogP contribution in [0.5, 0.6) is 0 Å². The third-order valence-corrected chi connectivity index (χ3v) is 3.07. The molecule has 0 saturated carbocycles. The van der Waals surface area contributed by atoms with Gasteiger partial charge in [0.1, 0.15) is 0 Å². The number of hydrogen-bond acceptors (Lipinski definition) is 2. The van der Waals surface area contributed by atoms with Crippen molar-refractivity contribution in [1.82, 2.24) is 10.3 Å². The minimum absolute atomic E-state index is 0.396. The number of hydrogen-bond donors (Lipinski definition) is 1. The molecule has 0 fully saturated rings. The van der Waals surface area contributed by atoms with Crippen molar-refractivity contribution in [2.24, 2.45) is 5.41 Å². The molecule has 0 amide bonds. The Kier molecular flexibility index (Phi) is 5.13. The number of aromatic nitrogens is 1. The molecule has 0 aromatic carbocycles. The number of rotatable bonds is 5. The average Bonchev–Trinajstić information content (AvgIpc) is 2.27. The Morgan fingerprint density at radius 1 is 1.18 bits per heavy atom. The van der Waals surface area contributed by atoms with Crippen LogP contribution in [0.3, 0.4) is 0 Å². The third kappa shape index (κ3) is 5.83. The summed E-state index contributed by atoms with van der Waals surface area (Å²) in [7, 11) is 0. The first-order valence-corrected chi connectivity index (χ1v) is 6.54. The van der Waals surface area contributed by atoms with Crippen LogP contribution in [0.2, 0.25) is 0 Å². The Balaban J connectivity index is 2.39. The SMILES string of the molecule is CC(CCC(C)(C)C)NC(C)c1ccncc1. The fourth-order valence-corrected chi connectivity index (χ4v) is 1.91. The monoisotopic (exact) mass is 234 g/mol. The van der Waals surface area contributed by atoms with E-state index >= 15 is 0 Å². The molecule has 1 heterocycles. The second kappa shape index (κ2) is 6.15. The fourth-order valence-electron chi connectivity index (χ4n) is 1.91. The molecule has 1 aromatic heterocycles. The van der Waals surface area contributed by atoms with Gasteiger partial charge in [-0.25, -0.2) is 0 Å². The van der Waals surface area contributed by atoms with Gasteiger partial charge in [0.2, 0.25) is 0 Å². The summed E-state index contributed by atoms with van der Waals surface area (Å²) in [5.74, 6) is 0. The molecule has 0 radical (unpaired) electrons. The minimum Gasteiger partial charge on any atom is -0.308 e. The zero-order valence-corrected chi connectivity index (χ0v) is 11.8. The first-order chi connectivity index (χ1) is 7.88. The molecule has 0 spiro atoms. The molecule has 0 saturated heterocycles. The largest absolute Gasteiger partial charge is 0.308 e. The lowest BCUT2D eigenvalue weighted by atomic mass is 9.89. The lowest BCUT2D eigenvalue weighted by Gasteiger charge is -2.24. The summed E-state index contributed by atoms with van der Waals surface area (Å²) in [5.41, 5.74) is 1.73. The van der Waals surface area contributed by atoms with Gasteiger partial charge in [-0.15, -0.1) is 0 Å². The Hall–Kier alpha value is -0.890. The quantitative estimate of drug-likeness (QED) is 0.834. The molecule has 2 unspecified atom stereocenters. The standard InChI is InChI=1S/C15H26N2/c1-12(6-9-15(3,4)5)17-13(2)14-7-10-16-11-8-14/h7-8,10-13,17H,6,9H2,1-5H3. The van der Waals surface area contributed by atoms with Crippen LogP contribution in [0, 0.1) is 5.41 Å². The van der Waals surface area contributed by atoms with Gasteiger partial charge < -0.3 is 5.32 Å². The van der Waals surface area contributed by atoms with Gasteiger partial charge in [0, 0.05) is 24.5 Å². The van der Waals surface area contributed by atoms with Crippen molar-refractivity contribution in [3.63, 3.8) is 0 Å². The number of nitrogens with one attached hydrogen (secondary N) is 1. The molecule has 2 nitrogen and oxygen atoms in total. The van der Waals surface area contributed by atoms with Gasteiger partial charge in [0.25, 0.3) is 0 Å². The zero-order chi connectivity index (χ0) is 12.9. The normalized spacial score (nSPS) is 15.6. The first kappa shape index (κ1) is 14.2. The highest BCUT2D eigenvalue weighted by Gasteiger charge is 2.14. The molecule has 1 aromatic rings. The van der Waals surface area contributed by atoms with Crippen LogP contribution < -0.4 is 5.32 Å². The smallest absolute Gasteiger partial charge is 0.0295 e. The minimum atomic E-state index is 0.396. The van der Waals surface area contributed by atoms with Crippen molar-refractivity contribution in [2.75, 3.05) is 0 Å². The maximum atomic E-state index is 4.05. The summed E-state index contributed by atoms with van der Waals surface area (Å²) in [6.07, 6.45) is 6.18.